The summed E-state index contributed by atoms with van der Waals surface area (Å²) in [5.74, 6) is 0.755. The number of nitrogens with zero attached hydrogens (tertiary/aromatic N) is 1. The minimum absolute atomic E-state index is 0.00210. The van der Waals surface area contributed by atoms with Gasteiger partial charge in [0.1, 0.15) is 0 Å². The van der Waals surface area contributed by atoms with Crippen LogP contribution in [0.2, 0.25) is 0 Å². The highest BCUT2D eigenvalue weighted by Gasteiger charge is 2.31. The molecule has 1 aliphatic carbocycles. The Balaban J connectivity index is 1.86. The molecule has 1 saturated heterocycles. The minimum atomic E-state index is -0.150. The number of hydrogen-bond acceptors (Lipinski definition) is 3. The van der Waals surface area contributed by atoms with Crippen LogP contribution in [0.4, 0.5) is 0 Å². The van der Waals surface area contributed by atoms with E-state index in [4.69, 9.17) is 0 Å². The molecule has 1 heterocycles. The fourth-order valence-electron chi connectivity index (χ4n) is 3.42. The van der Waals surface area contributed by atoms with Crippen LogP contribution in [0.5, 0.6) is 0 Å². The quantitative estimate of drug-likeness (QED) is 0.813. The van der Waals surface area contributed by atoms with Crippen LogP contribution in [0.25, 0.3) is 0 Å². The summed E-state index contributed by atoms with van der Waals surface area (Å²) in [6.45, 7) is 5.90. The zero-order chi connectivity index (χ0) is 13.8. The second-order valence-electron chi connectivity index (χ2n) is 6.49. The van der Waals surface area contributed by atoms with Gasteiger partial charge in [-0.1, -0.05) is 20.3 Å². The first-order valence-corrected chi connectivity index (χ1v) is 7.79. The summed E-state index contributed by atoms with van der Waals surface area (Å²) in [4.78, 5) is 14.4. The second-order valence-corrected chi connectivity index (χ2v) is 6.49. The van der Waals surface area contributed by atoms with E-state index in [0.717, 1.165) is 51.6 Å². The fourth-order valence-corrected chi connectivity index (χ4v) is 3.42. The highest BCUT2D eigenvalue weighted by molar-refractivity contribution is 5.82. The van der Waals surface area contributed by atoms with Gasteiger partial charge in [-0.25, -0.2) is 0 Å². The van der Waals surface area contributed by atoms with Crippen LogP contribution in [0.3, 0.4) is 0 Å². The van der Waals surface area contributed by atoms with Crippen LogP contribution in [0, 0.1) is 5.92 Å². The lowest BCUT2D eigenvalue weighted by Crippen LogP contribution is -2.53. The molecule has 4 heteroatoms. The van der Waals surface area contributed by atoms with Crippen LogP contribution in [-0.4, -0.2) is 47.2 Å². The van der Waals surface area contributed by atoms with Crippen molar-refractivity contribution in [2.24, 2.45) is 5.92 Å². The van der Waals surface area contributed by atoms with E-state index in [0.29, 0.717) is 12.0 Å². The maximum Gasteiger partial charge on any atom is 0.239 e. The van der Waals surface area contributed by atoms with E-state index in [1.165, 1.54) is 0 Å². The fraction of sp³-hybridized carbons (Fsp3) is 0.933. The predicted octanol–water partition coefficient (Wildman–Crippen LogP) is 1.53. The van der Waals surface area contributed by atoms with Crippen molar-refractivity contribution < 1.29 is 9.90 Å². The molecule has 3 atom stereocenters. The number of rotatable bonds is 4. The van der Waals surface area contributed by atoms with Crippen LogP contribution >= 0.6 is 0 Å². The number of piperidine rings is 1. The topological polar surface area (TPSA) is 52.6 Å². The number of hydrogen-bond donors (Lipinski definition) is 2. The lowest BCUT2D eigenvalue weighted by molar-refractivity contribution is -0.137. The highest BCUT2D eigenvalue weighted by Crippen LogP contribution is 2.26. The molecule has 4 nitrogen and oxygen atoms in total. The lowest BCUT2D eigenvalue weighted by atomic mass is 9.86. The van der Waals surface area contributed by atoms with Crippen molar-refractivity contribution in [3.63, 3.8) is 0 Å². The summed E-state index contributed by atoms with van der Waals surface area (Å²) in [5.41, 5.74) is 0. The summed E-state index contributed by atoms with van der Waals surface area (Å²) in [6.07, 6.45) is 5.95. The van der Waals surface area contributed by atoms with Crippen molar-refractivity contribution in [2.45, 2.75) is 70.6 Å². The molecule has 1 amide bonds. The van der Waals surface area contributed by atoms with E-state index >= 15 is 0 Å². The Morgan fingerprint density at radius 1 is 1.32 bits per heavy atom. The number of carbonyl (C=O) groups is 1. The van der Waals surface area contributed by atoms with Crippen molar-refractivity contribution in [3.8, 4) is 0 Å². The predicted molar refractivity (Wildman–Crippen MR) is 75.8 cm³/mol. The molecule has 0 aromatic carbocycles. The molecule has 2 rings (SSSR count). The van der Waals surface area contributed by atoms with E-state index in [9.17, 15) is 9.90 Å². The van der Waals surface area contributed by atoms with E-state index in [-0.39, 0.29) is 18.1 Å². The molecule has 2 N–H and O–H groups in total. The maximum atomic E-state index is 12.4. The Morgan fingerprint density at radius 3 is 2.79 bits per heavy atom. The number of amides is 1. The zero-order valence-corrected chi connectivity index (χ0v) is 12.3. The molecule has 2 aliphatic rings. The number of aliphatic hydroxyl groups is 1. The Morgan fingerprint density at radius 2 is 2.11 bits per heavy atom. The molecule has 1 aliphatic heterocycles. The molecule has 0 radical (unpaired) electrons. The Labute approximate surface area is 116 Å². The third kappa shape index (κ3) is 4.18. The van der Waals surface area contributed by atoms with Gasteiger partial charge >= 0.3 is 0 Å². The van der Waals surface area contributed by atoms with Gasteiger partial charge in [-0.2, -0.15) is 0 Å². The molecule has 0 spiro atoms. The van der Waals surface area contributed by atoms with Crippen molar-refractivity contribution in [1.29, 1.82) is 0 Å². The molecule has 110 valence electrons. The Bertz CT molecular complexity index is 307. The summed E-state index contributed by atoms with van der Waals surface area (Å²) < 4.78 is 0. The summed E-state index contributed by atoms with van der Waals surface area (Å²) in [6, 6.07) is 0.354. The minimum Gasteiger partial charge on any atom is -0.393 e. The maximum absolute atomic E-state index is 12.4. The average Bonchev–Trinajstić information content (AvgIpc) is 2.34. The molecular weight excluding hydrogens is 240 g/mol. The van der Waals surface area contributed by atoms with E-state index < -0.39 is 0 Å². The summed E-state index contributed by atoms with van der Waals surface area (Å²) >= 11 is 0. The van der Waals surface area contributed by atoms with Gasteiger partial charge in [0, 0.05) is 19.1 Å². The molecule has 0 aromatic rings. The SMILES string of the molecule is CC(C)NC1CCCN(CC2CCCC(O)C2)C1=O. The normalized spacial score (nSPS) is 32.9. The third-order valence-corrected chi connectivity index (χ3v) is 4.30. The zero-order valence-electron chi connectivity index (χ0n) is 12.3. The van der Waals surface area contributed by atoms with Gasteiger partial charge in [-0.15, -0.1) is 0 Å². The molecule has 2 fully saturated rings. The van der Waals surface area contributed by atoms with E-state index in [2.05, 4.69) is 19.2 Å². The van der Waals surface area contributed by atoms with Gasteiger partial charge in [0.15, 0.2) is 0 Å². The van der Waals surface area contributed by atoms with Crippen LogP contribution in [0.1, 0.15) is 52.4 Å². The molecule has 1 saturated carbocycles. The van der Waals surface area contributed by atoms with Crippen LogP contribution < -0.4 is 5.32 Å². The Hall–Kier alpha value is -0.610. The average molecular weight is 268 g/mol. The van der Waals surface area contributed by atoms with Gasteiger partial charge in [0.25, 0.3) is 0 Å². The van der Waals surface area contributed by atoms with Crippen molar-refractivity contribution in [2.75, 3.05) is 13.1 Å². The number of aliphatic hydroxyl groups excluding tert-OH is 1. The number of nitrogens with one attached hydrogen (secondary N) is 1. The smallest absolute Gasteiger partial charge is 0.239 e. The first-order chi connectivity index (χ1) is 9.06. The molecule has 0 bridgehead atoms. The first-order valence-electron chi connectivity index (χ1n) is 7.79. The molecule has 0 aromatic heterocycles. The molecule has 19 heavy (non-hydrogen) atoms. The first kappa shape index (κ1) is 14.8. The highest BCUT2D eigenvalue weighted by atomic mass is 16.3. The van der Waals surface area contributed by atoms with E-state index in [1.807, 2.05) is 4.90 Å². The number of carbonyl (C=O) groups excluding carboxylic acids is 1. The van der Waals surface area contributed by atoms with Crippen molar-refractivity contribution >= 4 is 5.91 Å². The summed E-state index contributed by atoms with van der Waals surface area (Å²) in [5, 5.41) is 13.1. The van der Waals surface area contributed by atoms with Crippen molar-refractivity contribution in [1.82, 2.24) is 10.2 Å². The van der Waals surface area contributed by atoms with Gasteiger partial charge in [-0.05, 0) is 38.0 Å². The van der Waals surface area contributed by atoms with Crippen molar-refractivity contribution in [3.05, 3.63) is 0 Å². The van der Waals surface area contributed by atoms with Gasteiger partial charge in [0.2, 0.25) is 5.91 Å². The standard InChI is InChI=1S/C15H28N2O2/c1-11(2)16-14-7-4-8-17(15(14)19)10-12-5-3-6-13(18)9-12/h11-14,16,18H,3-10H2,1-2H3. The second kappa shape index (κ2) is 6.71. The molecular formula is C15H28N2O2. The Kier molecular flexibility index (Phi) is 5.22. The van der Waals surface area contributed by atoms with Gasteiger partial charge < -0.3 is 15.3 Å². The number of likely N-dealkylation sites (tertiary alicyclic amines) is 1. The third-order valence-electron chi connectivity index (χ3n) is 4.30. The van der Waals surface area contributed by atoms with Crippen LogP contribution in [0.15, 0.2) is 0 Å². The molecule has 3 unspecified atom stereocenters. The van der Waals surface area contributed by atoms with Crippen LogP contribution in [-0.2, 0) is 4.79 Å². The van der Waals surface area contributed by atoms with Gasteiger partial charge in [-0.3, -0.25) is 4.79 Å². The monoisotopic (exact) mass is 268 g/mol. The summed E-state index contributed by atoms with van der Waals surface area (Å²) in [7, 11) is 0. The van der Waals surface area contributed by atoms with Gasteiger partial charge in [0.05, 0.1) is 12.1 Å². The lowest BCUT2D eigenvalue weighted by Gasteiger charge is -2.37. The van der Waals surface area contributed by atoms with E-state index in [1.54, 1.807) is 0 Å². The largest absolute Gasteiger partial charge is 0.393 e.